The number of carbonyl (C=O) groups is 1. The molecule has 6 heteroatoms. The predicted octanol–water partition coefficient (Wildman–Crippen LogP) is 2.20. The number of amides is 2. The fourth-order valence-corrected chi connectivity index (χ4v) is 2.03. The van der Waals surface area contributed by atoms with Crippen LogP contribution in [-0.4, -0.2) is 17.6 Å². The van der Waals surface area contributed by atoms with Gasteiger partial charge in [0, 0.05) is 12.7 Å². The molecule has 0 bridgehead atoms. The van der Waals surface area contributed by atoms with Crippen molar-refractivity contribution in [3.63, 3.8) is 0 Å². The largest absolute Gasteiger partial charge is 0.357 e. The van der Waals surface area contributed by atoms with Gasteiger partial charge in [0.2, 0.25) is 5.43 Å². The summed E-state index contributed by atoms with van der Waals surface area (Å²) in [6, 6.07) is 3.83. The molecule has 1 aromatic carbocycles. The first-order chi connectivity index (χ1) is 9.65. The van der Waals surface area contributed by atoms with Crippen LogP contribution in [0.5, 0.6) is 0 Å². The average Bonchev–Trinajstić information content (AvgIpc) is 3.25. The molecule has 5 nitrogen and oxygen atoms in total. The zero-order chi connectivity index (χ0) is 14.1. The number of benzene rings is 1. The molecular formula is C14H14FN3O2. The number of carbonyl (C=O) groups excluding carboxylic acids is 1. The molecular weight excluding hydrogens is 261 g/mol. The molecule has 0 atom stereocenters. The first-order valence-electron chi connectivity index (χ1n) is 6.50. The minimum atomic E-state index is -0.496. The Morgan fingerprint density at radius 3 is 2.95 bits per heavy atom. The SMILES string of the molecule is O=C(NCC1CC1)Nc1c[nH]c2c(F)cccc2c1=O. The Hall–Kier alpha value is -2.37. The summed E-state index contributed by atoms with van der Waals surface area (Å²) >= 11 is 0. The van der Waals surface area contributed by atoms with Crippen LogP contribution in [0.15, 0.2) is 29.2 Å². The highest BCUT2D eigenvalue weighted by Crippen LogP contribution is 2.27. The predicted molar refractivity (Wildman–Crippen MR) is 74.3 cm³/mol. The second-order valence-electron chi connectivity index (χ2n) is 4.97. The highest BCUT2D eigenvalue weighted by atomic mass is 19.1. The first-order valence-corrected chi connectivity index (χ1v) is 6.50. The number of H-pyrrole nitrogens is 1. The average molecular weight is 275 g/mol. The molecule has 1 aromatic heterocycles. The minimum absolute atomic E-state index is 0.108. The van der Waals surface area contributed by atoms with Gasteiger partial charge in [0.05, 0.1) is 10.9 Å². The van der Waals surface area contributed by atoms with E-state index in [4.69, 9.17) is 0 Å². The molecule has 104 valence electrons. The molecule has 1 aliphatic carbocycles. The number of pyridine rings is 1. The Morgan fingerprint density at radius 1 is 1.40 bits per heavy atom. The molecule has 2 aromatic rings. The molecule has 0 saturated heterocycles. The van der Waals surface area contributed by atoms with Crippen LogP contribution in [-0.2, 0) is 0 Å². The lowest BCUT2D eigenvalue weighted by molar-refractivity contribution is 0.251. The summed E-state index contributed by atoms with van der Waals surface area (Å²) in [5, 5.41) is 5.40. The van der Waals surface area contributed by atoms with Crippen LogP contribution in [0.2, 0.25) is 0 Å². The Bertz CT molecular complexity index is 722. The molecule has 3 N–H and O–H groups in total. The Kier molecular flexibility index (Phi) is 3.14. The van der Waals surface area contributed by atoms with E-state index in [1.807, 2.05) is 0 Å². The summed E-state index contributed by atoms with van der Waals surface area (Å²) in [6.45, 7) is 0.617. The van der Waals surface area contributed by atoms with Crippen molar-refractivity contribution in [1.82, 2.24) is 10.3 Å². The Balaban J connectivity index is 1.82. The molecule has 20 heavy (non-hydrogen) atoms. The maximum absolute atomic E-state index is 13.5. The normalized spacial score (nSPS) is 14.2. The van der Waals surface area contributed by atoms with Crippen LogP contribution in [0.4, 0.5) is 14.9 Å². The van der Waals surface area contributed by atoms with Crippen molar-refractivity contribution < 1.29 is 9.18 Å². The number of para-hydroxylation sites is 1. The fraction of sp³-hybridized carbons (Fsp3) is 0.286. The van der Waals surface area contributed by atoms with Gasteiger partial charge in [-0.2, -0.15) is 0 Å². The summed E-state index contributed by atoms with van der Waals surface area (Å²) in [5.41, 5.74) is -0.155. The third-order valence-electron chi connectivity index (χ3n) is 3.36. The molecule has 3 rings (SSSR count). The van der Waals surface area contributed by atoms with Gasteiger partial charge < -0.3 is 15.6 Å². The molecule has 0 unspecified atom stereocenters. The third-order valence-corrected chi connectivity index (χ3v) is 3.36. The fourth-order valence-electron chi connectivity index (χ4n) is 2.03. The van der Waals surface area contributed by atoms with Gasteiger partial charge >= 0.3 is 6.03 Å². The van der Waals surface area contributed by atoms with Crippen molar-refractivity contribution in [2.45, 2.75) is 12.8 Å². The second-order valence-corrected chi connectivity index (χ2v) is 4.97. The number of aromatic amines is 1. The number of rotatable bonds is 3. The van der Waals surface area contributed by atoms with E-state index in [-0.39, 0.29) is 16.6 Å². The zero-order valence-electron chi connectivity index (χ0n) is 10.7. The number of halogens is 1. The van der Waals surface area contributed by atoms with E-state index < -0.39 is 17.3 Å². The quantitative estimate of drug-likeness (QED) is 0.803. The van der Waals surface area contributed by atoms with Crippen molar-refractivity contribution in [3.05, 3.63) is 40.4 Å². The van der Waals surface area contributed by atoms with Crippen LogP contribution >= 0.6 is 0 Å². The number of anilines is 1. The molecule has 0 radical (unpaired) electrons. The summed E-state index contributed by atoms with van der Waals surface area (Å²) in [5.74, 6) is 0.0640. The van der Waals surface area contributed by atoms with E-state index in [9.17, 15) is 14.0 Å². The lowest BCUT2D eigenvalue weighted by atomic mass is 10.2. The molecule has 2 amide bonds. The van der Waals surface area contributed by atoms with Crippen molar-refractivity contribution in [2.75, 3.05) is 11.9 Å². The van der Waals surface area contributed by atoms with Crippen LogP contribution in [0, 0.1) is 11.7 Å². The van der Waals surface area contributed by atoms with Crippen molar-refractivity contribution in [2.24, 2.45) is 5.92 Å². The number of fused-ring (bicyclic) bond motifs is 1. The third kappa shape index (κ3) is 2.49. The van der Waals surface area contributed by atoms with Crippen LogP contribution in [0.25, 0.3) is 10.9 Å². The van der Waals surface area contributed by atoms with E-state index >= 15 is 0 Å². The van der Waals surface area contributed by atoms with Gasteiger partial charge in [0.25, 0.3) is 0 Å². The minimum Gasteiger partial charge on any atom is -0.357 e. The van der Waals surface area contributed by atoms with E-state index in [1.54, 1.807) is 0 Å². The monoisotopic (exact) mass is 275 g/mol. The van der Waals surface area contributed by atoms with Gasteiger partial charge in [0.15, 0.2) is 0 Å². The molecule has 1 saturated carbocycles. The number of urea groups is 1. The molecule has 1 heterocycles. The maximum Gasteiger partial charge on any atom is 0.319 e. The van der Waals surface area contributed by atoms with Gasteiger partial charge in [-0.15, -0.1) is 0 Å². The lowest BCUT2D eigenvalue weighted by Crippen LogP contribution is -2.32. The first kappa shape index (κ1) is 12.7. The Labute approximate surface area is 114 Å². The number of hydrogen-bond donors (Lipinski definition) is 3. The van der Waals surface area contributed by atoms with Crippen molar-refractivity contribution >= 4 is 22.6 Å². The summed E-state index contributed by atoms with van der Waals surface area (Å²) < 4.78 is 13.5. The van der Waals surface area contributed by atoms with E-state index in [0.29, 0.717) is 12.5 Å². The van der Waals surface area contributed by atoms with Gasteiger partial charge in [-0.3, -0.25) is 4.79 Å². The van der Waals surface area contributed by atoms with Crippen LogP contribution < -0.4 is 16.1 Å². The number of nitrogens with one attached hydrogen (secondary N) is 3. The Morgan fingerprint density at radius 2 is 2.20 bits per heavy atom. The smallest absolute Gasteiger partial charge is 0.319 e. The van der Waals surface area contributed by atoms with Crippen molar-refractivity contribution in [3.8, 4) is 0 Å². The number of hydrogen-bond acceptors (Lipinski definition) is 2. The molecule has 1 fully saturated rings. The van der Waals surface area contributed by atoms with Gasteiger partial charge in [-0.25, -0.2) is 9.18 Å². The van der Waals surface area contributed by atoms with Gasteiger partial charge in [0.1, 0.15) is 11.5 Å². The topological polar surface area (TPSA) is 74.0 Å². The second kappa shape index (κ2) is 4.96. The molecule has 0 aliphatic heterocycles. The van der Waals surface area contributed by atoms with E-state index in [0.717, 1.165) is 12.8 Å². The summed E-state index contributed by atoms with van der Waals surface area (Å²) in [6.07, 6.45) is 3.58. The molecule has 1 aliphatic rings. The highest BCUT2D eigenvalue weighted by Gasteiger charge is 2.21. The van der Waals surface area contributed by atoms with E-state index in [2.05, 4.69) is 15.6 Å². The number of aromatic nitrogens is 1. The highest BCUT2D eigenvalue weighted by molar-refractivity contribution is 5.91. The van der Waals surface area contributed by atoms with Gasteiger partial charge in [-0.05, 0) is 30.9 Å². The molecule has 0 spiro atoms. The van der Waals surface area contributed by atoms with Crippen LogP contribution in [0.1, 0.15) is 12.8 Å². The standard InChI is InChI=1S/C14H14FN3O2/c15-10-3-1-2-9-12(10)16-7-11(13(9)19)18-14(20)17-6-8-4-5-8/h1-3,7-8H,4-6H2,(H,16,19)(H2,17,18,20). The van der Waals surface area contributed by atoms with Crippen molar-refractivity contribution in [1.29, 1.82) is 0 Å². The lowest BCUT2D eigenvalue weighted by Gasteiger charge is -2.07. The summed E-state index contributed by atoms with van der Waals surface area (Å²) in [7, 11) is 0. The zero-order valence-corrected chi connectivity index (χ0v) is 10.7. The van der Waals surface area contributed by atoms with Gasteiger partial charge in [-0.1, -0.05) is 6.07 Å². The summed E-state index contributed by atoms with van der Waals surface area (Å²) in [4.78, 5) is 26.5. The van der Waals surface area contributed by atoms with E-state index in [1.165, 1.54) is 24.4 Å². The van der Waals surface area contributed by atoms with Crippen LogP contribution in [0.3, 0.4) is 0 Å². The maximum atomic E-state index is 13.5.